The lowest BCUT2D eigenvalue weighted by molar-refractivity contribution is 0.379. The first-order valence-corrected chi connectivity index (χ1v) is 10.2. The molecule has 1 aliphatic rings. The highest BCUT2D eigenvalue weighted by atomic mass is 127. The number of nitrogens with one attached hydrogen (secondary N) is 2. The van der Waals surface area contributed by atoms with E-state index in [-0.39, 0.29) is 40.6 Å². The van der Waals surface area contributed by atoms with Crippen LogP contribution in [0.25, 0.3) is 0 Å². The highest BCUT2D eigenvalue weighted by Gasteiger charge is 2.45. The van der Waals surface area contributed by atoms with Crippen LogP contribution in [-0.2, 0) is 21.8 Å². The fourth-order valence-corrected chi connectivity index (χ4v) is 4.00. The van der Waals surface area contributed by atoms with Crippen molar-refractivity contribution in [3.8, 4) is 0 Å². The highest BCUT2D eigenvalue weighted by Crippen LogP contribution is 2.45. The van der Waals surface area contributed by atoms with Crippen molar-refractivity contribution in [1.29, 1.82) is 0 Å². The lowest BCUT2D eigenvalue weighted by Crippen LogP contribution is -2.41. The summed E-state index contributed by atoms with van der Waals surface area (Å²) < 4.78 is 28.7. The zero-order chi connectivity index (χ0) is 18.0. The molecule has 1 aromatic heterocycles. The number of halogens is 1. The van der Waals surface area contributed by atoms with Gasteiger partial charge in [0.1, 0.15) is 15.6 Å². The first-order chi connectivity index (χ1) is 11.0. The fraction of sp³-hybridized carbons (Fsp3) is 0.750. The van der Waals surface area contributed by atoms with Gasteiger partial charge in [-0.1, -0.05) is 20.8 Å². The number of guanidine groups is 1. The van der Waals surface area contributed by atoms with Crippen LogP contribution in [0.15, 0.2) is 15.6 Å². The zero-order valence-corrected chi connectivity index (χ0v) is 18.7. The molecule has 1 heterocycles. The van der Waals surface area contributed by atoms with E-state index in [4.69, 9.17) is 4.42 Å². The minimum atomic E-state index is -2.97. The van der Waals surface area contributed by atoms with Crippen LogP contribution < -0.4 is 10.6 Å². The smallest absolute Gasteiger partial charge is 0.213 e. The van der Waals surface area contributed by atoms with Crippen molar-refractivity contribution in [2.24, 2.45) is 10.4 Å². The molecule has 7 nitrogen and oxygen atoms in total. The Balaban J connectivity index is 0.00000312. The minimum absolute atomic E-state index is 0. The van der Waals surface area contributed by atoms with Crippen LogP contribution in [0.3, 0.4) is 0 Å². The van der Waals surface area contributed by atoms with Crippen LogP contribution in [0, 0.1) is 5.41 Å². The second-order valence-corrected chi connectivity index (χ2v) is 9.86. The van der Waals surface area contributed by atoms with Crippen LogP contribution in [0.2, 0.25) is 0 Å². The molecule has 0 saturated heterocycles. The molecule has 1 saturated carbocycles. The number of aliphatic imine (C=N–C) groups is 1. The van der Waals surface area contributed by atoms with Gasteiger partial charge in [-0.15, -0.1) is 24.0 Å². The number of sulfone groups is 1. The summed E-state index contributed by atoms with van der Waals surface area (Å²) in [6, 6.07) is 0. The topological polar surface area (TPSA) is 96.6 Å². The van der Waals surface area contributed by atoms with E-state index >= 15 is 0 Å². The van der Waals surface area contributed by atoms with Crippen LogP contribution >= 0.6 is 24.0 Å². The van der Waals surface area contributed by atoms with Gasteiger partial charge in [-0.3, -0.25) is 4.99 Å². The lowest BCUT2D eigenvalue weighted by Gasteiger charge is -2.17. The van der Waals surface area contributed by atoms with E-state index in [1.165, 1.54) is 6.26 Å². The van der Waals surface area contributed by atoms with Gasteiger partial charge in [-0.05, 0) is 12.8 Å². The van der Waals surface area contributed by atoms with E-state index in [0.29, 0.717) is 24.9 Å². The summed E-state index contributed by atoms with van der Waals surface area (Å²) in [5, 5.41) is 6.35. The molecule has 0 bridgehead atoms. The van der Waals surface area contributed by atoms with Crippen LogP contribution in [0.5, 0.6) is 0 Å². The quantitative estimate of drug-likeness (QED) is 0.365. The van der Waals surface area contributed by atoms with Crippen LogP contribution in [0.1, 0.15) is 45.3 Å². The summed E-state index contributed by atoms with van der Waals surface area (Å²) in [6.45, 7) is 7.24. The van der Waals surface area contributed by atoms with Gasteiger partial charge in [-0.25, -0.2) is 13.4 Å². The molecule has 1 aromatic rings. The van der Waals surface area contributed by atoms with Gasteiger partial charge < -0.3 is 15.1 Å². The number of hydrogen-bond donors (Lipinski definition) is 2. The summed E-state index contributed by atoms with van der Waals surface area (Å²) in [4.78, 5) is 8.43. The Labute approximate surface area is 167 Å². The Kier molecular flexibility index (Phi) is 7.31. The summed E-state index contributed by atoms with van der Waals surface area (Å²) in [7, 11) is -1.28. The molecule has 0 atom stereocenters. The molecule has 2 rings (SSSR count). The molecule has 0 spiro atoms. The third kappa shape index (κ3) is 7.12. The second-order valence-electron chi connectivity index (χ2n) is 7.72. The summed E-state index contributed by atoms with van der Waals surface area (Å²) in [5.74, 6) is 2.27. The van der Waals surface area contributed by atoms with Crippen molar-refractivity contribution in [2.75, 3.05) is 25.6 Å². The van der Waals surface area contributed by atoms with Crippen molar-refractivity contribution >= 4 is 39.8 Å². The first kappa shape index (κ1) is 22.2. The van der Waals surface area contributed by atoms with E-state index in [1.807, 2.05) is 0 Å². The molecule has 1 aliphatic carbocycles. The maximum Gasteiger partial charge on any atom is 0.213 e. The van der Waals surface area contributed by atoms with Gasteiger partial charge in [0.15, 0.2) is 5.96 Å². The van der Waals surface area contributed by atoms with E-state index in [0.717, 1.165) is 18.6 Å². The van der Waals surface area contributed by atoms with E-state index < -0.39 is 9.84 Å². The Morgan fingerprint density at radius 3 is 2.44 bits per heavy atom. The van der Waals surface area contributed by atoms with Crippen LogP contribution in [0.4, 0.5) is 0 Å². The summed E-state index contributed by atoms with van der Waals surface area (Å²) in [6.07, 6.45) is 4.89. The molecule has 2 N–H and O–H groups in total. The summed E-state index contributed by atoms with van der Waals surface area (Å²) >= 11 is 0. The van der Waals surface area contributed by atoms with Crippen molar-refractivity contribution in [1.82, 2.24) is 15.6 Å². The monoisotopic (exact) mass is 484 g/mol. The van der Waals surface area contributed by atoms with Crippen molar-refractivity contribution in [3.05, 3.63) is 17.8 Å². The molecule has 9 heteroatoms. The maximum absolute atomic E-state index is 11.5. The fourth-order valence-electron chi connectivity index (χ4n) is 2.50. The van der Waals surface area contributed by atoms with Crippen molar-refractivity contribution < 1.29 is 12.8 Å². The van der Waals surface area contributed by atoms with E-state index in [9.17, 15) is 8.42 Å². The molecular weight excluding hydrogens is 455 g/mol. The number of rotatable bonds is 6. The number of oxazole rings is 1. The third-order valence-electron chi connectivity index (χ3n) is 4.08. The highest BCUT2D eigenvalue weighted by molar-refractivity contribution is 14.0. The summed E-state index contributed by atoms with van der Waals surface area (Å²) in [5.41, 5.74) is -0.220. The number of hydrogen-bond acceptors (Lipinski definition) is 5. The lowest BCUT2D eigenvalue weighted by atomic mass is 9.94. The Morgan fingerprint density at radius 1 is 1.36 bits per heavy atom. The molecule has 144 valence electrons. The standard InChI is InChI=1S/C16H28N4O3S.HI/c1-15(2,3)12-8-18-13(23-12)9-19-14(17-4)20-10-16(6-7-16)11-24(5,21)22;/h8H,6-7,9-11H2,1-5H3,(H2,17,19,20);1H. The normalized spacial score (nSPS) is 16.9. The molecule has 25 heavy (non-hydrogen) atoms. The molecule has 0 aliphatic heterocycles. The van der Waals surface area contributed by atoms with Gasteiger partial charge in [0.2, 0.25) is 5.89 Å². The Bertz CT molecular complexity index is 703. The van der Waals surface area contributed by atoms with Gasteiger partial charge in [0.25, 0.3) is 0 Å². The molecular formula is C16H29IN4O3S. The van der Waals surface area contributed by atoms with Crippen molar-refractivity contribution in [2.45, 2.75) is 45.6 Å². The maximum atomic E-state index is 11.5. The van der Waals surface area contributed by atoms with Gasteiger partial charge in [0, 0.05) is 30.7 Å². The predicted octanol–water partition coefficient (Wildman–Crippen LogP) is 2.08. The van der Waals surface area contributed by atoms with E-state index in [2.05, 4.69) is 41.4 Å². The van der Waals surface area contributed by atoms with Gasteiger partial charge in [-0.2, -0.15) is 0 Å². The zero-order valence-electron chi connectivity index (χ0n) is 15.5. The predicted molar refractivity (Wildman–Crippen MR) is 110 cm³/mol. The van der Waals surface area contributed by atoms with Gasteiger partial charge in [0.05, 0.1) is 18.5 Å². The number of nitrogens with zero attached hydrogens (tertiary/aromatic N) is 2. The molecule has 0 amide bonds. The van der Waals surface area contributed by atoms with Gasteiger partial charge >= 0.3 is 0 Å². The molecule has 1 fully saturated rings. The largest absolute Gasteiger partial charge is 0.443 e. The Hall–Kier alpha value is -0.840. The average Bonchev–Trinajstić information content (AvgIpc) is 2.99. The first-order valence-electron chi connectivity index (χ1n) is 8.10. The van der Waals surface area contributed by atoms with Crippen LogP contribution in [-0.4, -0.2) is 45.0 Å². The SMILES string of the molecule is CN=C(NCc1ncc(C(C)(C)C)o1)NCC1(CS(C)(=O)=O)CC1.I. The Morgan fingerprint density at radius 2 is 2.00 bits per heavy atom. The molecule has 0 radical (unpaired) electrons. The molecule has 0 unspecified atom stereocenters. The minimum Gasteiger partial charge on any atom is -0.443 e. The molecule has 0 aromatic carbocycles. The van der Waals surface area contributed by atoms with Crippen molar-refractivity contribution in [3.63, 3.8) is 0 Å². The number of aromatic nitrogens is 1. The second kappa shape index (κ2) is 8.24. The third-order valence-corrected chi connectivity index (χ3v) is 5.22. The average molecular weight is 484 g/mol. The van der Waals surface area contributed by atoms with E-state index in [1.54, 1.807) is 13.2 Å².